The second-order valence-corrected chi connectivity index (χ2v) is 9.22. The first-order chi connectivity index (χ1) is 15.3. The highest BCUT2D eigenvalue weighted by atomic mass is 32.2. The van der Waals surface area contributed by atoms with Crippen LogP contribution < -0.4 is 10.1 Å². The molecular weight excluding hydrogens is 438 g/mol. The van der Waals surface area contributed by atoms with Gasteiger partial charge in [-0.3, -0.25) is 4.79 Å². The van der Waals surface area contributed by atoms with E-state index in [2.05, 4.69) is 5.32 Å². The summed E-state index contributed by atoms with van der Waals surface area (Å²) >= 11 is 0. The van der Waals surface area contributed by atoms with Gasteiger partial charge in [0.25, 0.3) is 0 Å². The van der Waals surface area contributed by atoms with Crippen LogP contribution in [0.2, 0.25) is 0 Å². The molecule has 32 heavy (non-hydrogen) atoms. The van der Waals surface area contributed by atoms with E-state index in [9.17, 15) is 22.0 Å². The van der Waals surface area contributed by atoms with E-state index in [1.54, 1.807) is 18.2 Å². The molecule has 0 aromatic heterocycles. The summed E-state index contributed by atoms with van der Waals surface area (Å²) in [5.41, 5.74) is 1.23. The number of nitrogens with one attached hydrogen (secondary N) is 1. The highest BCUT2D eigenvalue weighted by molar-refractivity contribution is 7.89. The van der Waals surface area contributed by atoms with Gasteiger partial charge in [-0.15, -0.1) is 0 Å². The van der Waals surface area contributed by atoms with Gasteiger partial charge < -0.3 is 10.1 Å². The van der Waals surface area contributed by atoms with Crippen LogP contribution in [0.25, 0.3) is 0 Å². The number of nitrogens with zero attached hydrogens (tertiary/aromatic N) is 1. The molecule has 1 N–H and O–H groups in total. The Morgan fingerprint density at radius 3 is 2.41 bits per heavy atom. The minimum Gasteiger partial charge on any atom is -0.497 e. The van der Waals surface area contributed by atoms with Crippen molar-refractivity contribution < 1.29 is 26.7 Å². The number of benzene rings is 3. The molecule has 0 radical (unpaired) electrons. The molecule has 1 atom stereocenters. The number of sulfonamides is 1. The Hall–Kier alpha value is -3.30. The molecule has 0 aliphatic carbocycles. The Kier molecular flexibility index (Phi) is 5.94. The van der Waals surface area contributed by atoms with Crippen molar-refractivity contribution in [2.45, 2.75) is 23.9 Å². The molecule has 0 saturated heterocycles. The van der Waals surface area contributed by atoms with Crippen LogP contribution in [-0.2, 0) is 27.8 Å². The number of hydrogen-bond donors (Lipinski definition) is 1. The largest absolute Gasteiger partial charge is 0.497 e. The lowest BCUT2D eigenvalue weighted by atomic mass is 9.95. The second-order valence-electron chi connectivity index (χ2n) is 7.33. The number of amides is 1. The van der Waals surface area contributed by atoms with Crippen molar-refractivity contribution >= 4 is 21.6 Å². The zero-order valence-electron chi connectivity index (χ0n) is 17.1. The number of carbonyl (C=O) groups excluding carboxylic acids is 1. The number of rotatable bonds is 5. The van der Waals surface area contributed by atoms with Gasteiger partial charge in [-0.1, -0.05) is 24.3 Å². The average molecular weight is 458 g/mol. The van der Waals surface area contributed by atoms with Crippen LogP contribution in [0.3, 0.4) is 0 Å². The first-order valence-corrected chi connectivity index (χ1v) is 11.2. The van der Waals surface area contributed by atoms with Gasteiger partial charge in [-0.05, 0) is 53.9 Å². The van der Waals surface area contributed by atoms with E-state index in [-0.39, 0.29) is 23.5 Å². The molecule has 1 unspecified atom stereocenters. The van der Waals surface area contributed by atoms with Crippen molar-refractivity contribution in [3.05, 3.63) is 89.5 Å². The minimum absolute atomic E-state index is 0.00702. The second kappa shape index (κ2) is 8.68. The predicted octanol–water partition coefficient (Wildman–Crippen LogP) is 3.73. The van der Waals surface area contributed by atoms with Crippen LogP contribution in [0.15, 0.2) is 71.6 Å². The van der Waals surface area contributed by atoms with Crippen molar-refractivity contribution in [1.82, 2.24) is 4.31 Å². The van der Waals surface area contributed by atoms with E-state index in [0.717, 1.165) is 33.6 Å². The van der Waals surface area contributed by atoms with Gasteiger partial charge in [0.2, 0.25) is 15.9 Å². The minimum atomic E-state index is -4.09. The Balaban J connectivity index is 1.72. The predicted molar refractivity (Wildman–Crippen MR) is 115 cm³/mol. The molecule has 1 aliphatic heterocycles. The maximum Gasteiger partial charge on any atom is 0.244 e. The number of carbonyl (C=O) groups is 1. The Morgan fingerprint density at radius 2 is 1.72 bits per heavy atom. The summed E-state index contributed by atoms with van der Waals surface area (Å²) < 4.78 is 60.7. The molecule has 6 nitrogen and oxygen atoms in total. The fourth-order valence-electron chi connectivity index (χ4n) is 3.67. The maximum atomic E-state index is 14.1. The fourth-order valence-corrected chi connectivity index (χ4v) is 5.23. The molecule has 3 aromatic carbocycles. The number of halogens is 2. The molecule has 1 amide bonds. The van der Waals surface area contributed by atoms with Crippen LogP contribution in [-0.4, -0.2) is 31.8 Å². The zero-order valence-corrected chi connectivity index (χ0v) is 17.9. The molecule has 1 aliphatic rings. The average Bonchev–Trinajstić information content (AvgIpc) is 2.80. The van der Waals surface area contributed by atoms with Gasteiger partial charge in [0.15, 0.2) is 0 Å². The monoisotopic (exact) mass is 458 g/mol. The summed E-state index contributed by atoms with van der Waals surface area (Å²) in [6.07, 6.45) is 0.0916. The van der Waals surface area contributed by atoms with Gasteiger partial charge in [-0.2, -0.15) is 4.31 Å². The van der Waals surface area contributed by atoms with Crippen molar-refractivity contribution in [3.63, 3.8) is 0 Å². The van der Waals surface area contributed by atoms with Crippen LogP contribution in [0.4, 0.5) is 14.5 Å². The standard InChI is InChI=1S/C23H20F2N2O4S/c1-31-18-7-9-19(10-8-18)32(29,30)27-14-16-5-3-2-4-15(16)12-22(27)23(28)26-21-13-17(24)6-11-20(21)25/h2-11,13,22H,12,14H2,1H3,(H,26,28). The summed E-state index contributed by atoms with van der Waals surface area (Å²) in [6.45, 7) is -0.0335. The van der Waals surface area contributed by atoms with Crippen LogP contribution in [0, 0.1) is 11.6 Å². The summed E-state index contributed by atoms with van der Waals surface area (Å²) in [5, 5.41) is 2.34. The Labute approximate surface area is 184 Å². The molecule has 4 rings (SSSR count). The van der Waals surface area contributed by atoms with Gasteiger partial charge in [0.1, 0.15) is 23.4 Å². The molecule has 166 valence electrons. The van der Waals surface area contributed by atoms with Crippen molar-refractivity contribution in [3.8, 4) is 5.75 Å². The number of ether oxygens (including phenoxy) is 1. The summed E-state index contributed by atoms with van der Waals surface area (Å²) in [5.74, 6) is -1.80. The number of anilines is 1. The third kappa shape index (κ3) is 4.21. The summed E-state index contributed by atoms with van der Waals surface area (Å²) in [6, 6.07) is 14.6. The van der Waals surface area contributed by atoms with Gasteiger partial charge in [0.05, 0.1) is 17.7 Å². The molecule has 1 heterocycles. The van der Waals surface area contributed by atoms with Crippen LogP contribution in [0.1, 0.15) is 11.1 Å². The van der Waals surface area contributed by atoms with E-state index in [1.807, 2.05) is 6.07 Å². The van der Waals surface area contributed by atoms with E-state index < -0.39 is 33.6 Å². The van der Waals surface area contributed by atoms with Crippen LogP contribution >= 0.6 is 0 Å². The van der Waals surface area contributed by atoms with Gasteiger partial charge >= 0.3 is 0 Å². The highest BCUT2D eigenvalue weighted by Gasteiger charge is 2.39. The Morgan fingerprint density at radius 1 is 1.03 bits per heavy atom. The smallest absolute Gasteiger partial charge is 0.244 e. The SMILES string of the molecule is COc1ccc(S(=O)(=O)N2Cc3ccccc3CC2C(=O)Nc2cc(F)ccc2F)cc1. The molecule has 0 fully saturated rings. The lowest BCUT2D eigenvalue weighted by Crippen LogP contribution is -2.50. The number of fused-ring (bicyclic) bond motifs is 1. The molecule has 0 spiro atoms. The van der Waals surface area contributed by atoms with E-state index in [0.29, 0.717) is 5.75 Å². The zero-order chi connectivity index (χ0) is 22.9. The first-order valence-electron chi connectivity index (χ1n) is 9.78. The molecule has 0 saturated carbocycles. The molecule has 9 heteroatoms. The summed E-state index contributed by atoms with van der Waals surface area (Å²) in [4.78, 5) is 13.1. The lowest BCUT2D eigenvalue weighted by molar-refractivity contribution is -0.120. The maximum absolute atomic E-state index is 14.1. The van der Waals surface area contributed by atoms with Gasteiger partial charge in [-0.25, -0.2) is 17.2 Å². The number of methoxy groups -OCH3 is 1. The number of hydrogen-bond acceptors (Lipinski definition) is 4. The lowest BCUT2D eigenvalue weighted by Gasteiger charge is -2.35. The van der Waals surface area contributed by atoms with E-state index >= 15 is 0 Å². The van der Waals surface area contributed by atoms with E-state index in [1.165, 1.54) is 31.4 Å². The van der Waals surface area contributed by atoms with Crippen molar-refractivity contribution in [2.75, 3.05) is 12.4 Å². The molecular formula is C23H20F2N2O4S. The fraction of sp³-hybridized carbons (Fsp3) is 0.174. The quantitative estimate of drug-likeness (QED) is 0.632. The summed E-state index contributed by atoms with van der Waals surface area (Å²) in [7, 11) is -2.62. The molecule has 0 bridgehead atoms. The van der Waals surface area contributed by atoms with Gasteiger partial charge in [0, 0.05) is 12.6 Å². The van der Waals surface area contributed by atoms with Crippen molar-refractivity contribution in [1.29, 1.82) is 0 Å². The topological polar surface area (TPSA) is 75.7 Å². The Bertz CT molecular complexity index is 1260. The molecule has 3 aromatic rings. The highest BCUT2D eigenvalue weighted by Crippen LogP contribution is 2.30. The normalized spacial score (nSPS) is 16.3. The van der Waals surface area contributed by atoms with Crippen LogP contribution in [0.5, 0.6) is 5.75 Å². The van der Waals surface area contributed by atoms with E-state index in [4.69, 9.17) is 4.74 Å². The third-order valence-electron chi connectivity index (χ3n) is 5.36. The van der Waals surface area contributed by atoms with Crippen molar-refractivity contribution in [2.24, 2.45) is 0 Å². The first kappa shape index (κ1) is 21.9. The third-order valence-corrected chi connectivity index (χ3v) is 7.23.